The lowest BCUT2D eigenvalue weighted by molar-refractivity contribution is -0.116. The molecule has 0 saturated heterocycles. The van der Waals surface area contributed by atoms with Crippen LogP contribution in [0.3, 0.4) is 0 Å². The molecular weight excluding hydrogens is 294 g/mol. The molecule has 0 saturated carbocycles. The second kappa shape index (κ2) is 8.08. The first-order chi connectivity index (χ1) is 11.2. The first kappa shape index (κ1) is 16.7. The highest BCUT2D eigenvalue weighted by Crippen LogP contribution is 2.29. The molecule has 5 nitrogen and oxygen atoms in total. The Morgan fingerprint density at radius 2 is 1.61 bits per heavy atom. The Morgan fingerprint density at radius 1 is 0.913 bits per heavy atom. The lowest BCUT2D eigenvalue weighted by atomic mass is 10.1. The average molecular weight is 315 g/mol. The maximum atomic E-state index is 12.1. The van der Waals surface area contributed by atoms with Crippen molar-refractivity contribution in [3.8, 4) is 17.2 Å². The summed E-state index contributed by atoms with van der Waals surface area (Å²) >= 11 is 0. The van der Waals surface area contributed by atoms with Crippen LogP contribution >= 0.6 is 0 Å². The minimum atomic E-state index is -0.0481. The normalized spacial score (nSPS) is 10.0. The van der Waals surface area contributed by atoms with Crippen molar-refractivity contribution in [1.29, 1.82) is 0 Å². The summed E-state index contributed by atoms with van der Waals surface area (Å²) in [5, 5.41) is 2.86. The van der Waals surface area contributed by atoms with E-state index >= 15 is 0 Å². The predicted octanol–water partition coefficient (Wildman–Crippen LogP) is 3.28. The lowest BCUT2D eigenvalue weighted by Crippen LogP contribution is -2.12. The minimum Gasteiger partial charge on any atom is -0.497 e. The fraction of sp³-hybridized carbons (Fsp3) is 0.278. The SMILES string of the molecule is COc1ccc(CCC(=O)Nc2ccc(OC)c(OC)c2)cc1. The largest absolute Gasteiger partial charge is 0.497 e. The van der Waals surface area contributed by atoms with E-state index in [1.807, 2.05) is 24.3 Å². The smallest absolute Gasteiger partial charge is 0.224 e. The van der Waals surface area contributed by atoms with E-state index in [1.54, 1.807) is 39.5 Å². The molecule has 0 bridgehead atoms. The monoisotopic (exact) mass is 315 g/mol. The van der Waals surface area contributed by atoms with E-state index in [-0.39, 0.29) is 5.91 Å². The van der Waals surface area contributed by atoms with E-state index in [4.69, 9.17) is 14.2 Å². The zero-order chi connectivity index (χ0) is 16.7. The number of hydrogen-bond donors (Lipinski definition) is 1. The summed E-state index contributed by atoms with van der Waals surface area (Å²) in [6.07, 6.45) is 1.07. The van der Waals surface area contributed by atoms with Crippen LogP contribution in [-0.4, -0.2) is 27.2 Å². The summed E-state index contributed by atoms with van der Waals surface area (Å²) in [6, 6.07) is 13.0. The number of anilines is 1. The van der Waals surface area contributed by atoms with Gasteiger partial charge in [0.2, 0.25) is 5.91 Å². The molecule has 0 aromatic heterocycles. The highest BCUT2D eigenvalue weighted by molar-refractivity contribution is 5.91. The van der Waals surface area contributed by atoms with Crippen LogP contribution in [-0.2, 0) is 11.2 Å². The minimum absolute atomic E-state index is 0.0481. The van der Waals surface area contributed by atoms with Gasteiger partial charge in [-0.05, 0) is 36.2 Å². The van der Waals surface area contributed by atoms with Crippen LogP contribution in [0.1, 0.15) is 12.0 Å². The van der Waals surface area contributed by atoms with Gasteiger partial charge in [-0.15, -0.1) is 0 Å². The van der Waals surface area contributed by atoms with Gasteiger partial charge in [0.1, 0.15) is 5.75 Å². The molecule has 1 amide bonds. The molecule has 2 aromatic rings. The van der Waals surface area contributed by atoms with Crippen LogP contribution in [0, 0.1) is 0 Å². The zero-order valence-electron chi connectivity index (χ0n) is 13.6. The van der Waals surface area contributed by atoms with Crippen molar-refractivity contribution in [2.75, 3.05) is 26.6 Å². The lowest BCUT2D eigenvalue weighted by Gasteiger charge is -2.10. The molecule has 0 heterocycles. The van der Waals surface area contributed by atoms with E-state index in [0.717, 1.165) is 11.3 Å². The molecule has 0 spiro atoms. The summed E-state index contributed by atoms with van der Waals surface area (Å²) in [6.45, 7) is 0. The summed E-state index contributed by atoms with van der Waals surface area (Å²) in [7, 11) is 4.77. The molecule has 0 unspecified atom stereocenters. The molecule has 0 aliphatic heterocycles. The number of rotatable bonds is 7. The number of hydrogen-bond acceptors (Lipinski definition) is 4. The van der Waals surface area contributed by atoms with Crippen molar-refractivity contribution in [3.63, 3.8) is 0 Å². The zero-order valence-corrected chi connectivity index (χ0v) is 13.6. The molecule has 122 valence electrons. The number of methoxy groups -OCH3 is 3. The molecule has 2 aromatic carbocycles. The molecule has 5 heteroatoms. The molecule has 0 atom stereocenters. The van der Waals surface area contributed by atoms with Crippen LogP contribution in [0.2, 0.25) is 0 Å². The summed E-state index contributed by atoms with van der Waals surface area (Å²) in [4.78, 5) is 12.1. The number of ether oxygens (including phenoxy) is 3. The van der Waals surface area contributed by atoms with Crippen LogP contribution in [0.5, 0.6) is 17.2 Å². The fourth-order valence-electron chi connectivity index (χ4n) is 2.19. The Bertz CT molecular complexity index is 653. The van der Waals surface area contributed by atoms with E-state index in [1.165, 1.54) is 0 Å². The van der Waals surface area contributed by atoms with Gasteiger partial charge in [0.15, 0.2) is 11.5 Å². The van der Waals surface area contributed by atoms with Gasteiger partial charge in [-0.25, -0.2) is 0 Å². The third kappa shape index (κ3) is 4.64. The van der Waals surface area contributed by atoms with Crippen molar-refractivity contribution in [2.45, 2.75) is 12.8 Å². The maximum absolute atomic E-state index is 12.1. The second-order valence-corrected chi connectivity index (χ2v) is 4.97. The van der Waals surface area contributed by atoms with Gasteiger partial charge in [0.25, 0.3) is 0 Å². The third-order valence-electron chi connectivity index (χ3n) is 3.47. The standard InChI is InChI=1S/C18H21NO4/c1-21-15-8-4-13(5-9-15)6-11-18(20)19-14-7-10-16(22-2)17(12-14)23-3/h4-5,7-10,12H,6,11H2,1-3H3,(H,19,20). The average Bonchev–Trinajstić information content (AvgIpc) is 2.60. The van der Waals surface area contributed by atoms with E-state index in [2.05, 4.69) is 5.32 Å². The van der Waals surface area contributed by atoms with Gasteiger partial charge in [0, 0.05) is 18.2 Å². The van der Waals surface area contributed by atoms with Crippen molar-refractivity contribution in [2.24, 2.45) is 0 Å². The van der Waals surface area contributed by atoms with Gasteiger partial charge in [-0.1, -0.05) is 12.1 Å². The molecule has 0 radical (unpaired) electrons. The molecule has 23 heavy (non-hydrogen) atoms. The molecule has 0 aliphatic carbocycles. The summed E-state index contributed by atoms with van der Waals surface area (Å²) in [5.74, 6) is 1.97. The van der Waals surface area contributed by atoms with Crippen molar-refractivity contribution in [1.82, 2.24) is 0 Å². The van der Waals surface area contributed by atoms with Gasteiger partial charge >= 0.3 is 0 Å². The molecule has 2 rings (SSSR count). The van der Waals surface area contributed by atoms with Gasteiger partial charge in [-0.3, -0.25) is 4.79 Å². The first-order valence-electron chi connectivity index (χ1n) is 7.31. The molecular formula is C18H21NO4. The van der Waals surface area contributed by atoms with Gasteiger partial charge < -0.3 is 19.5 Å². The predicted molar refractivity (Wildman–Crippen MR) is 89.5 cm³/mol. The Morgan fingerprint density at radius 3 is 2.22 bits per heavy atom. The van der Waals surface area contributed by atoms with Crippen LogP contribution in [0.4, 0.5) is 5.69 Å². The molecule has 1 N–H and O–H groups in total. The topological polar surface area (TPSA) is 56.8 Å². The number of nitrogens with one attached hydrogen (secondary N) is 1. The van der Waals surface area contributed by atoms with Gasteiger partial charge in [-0.2, -0.15) is 0 Å². The Balaban J connectivity index is 1.91. The number of amides is 1. The number of aryl methyl sites for hydroxylation is 1. The first-order valence-corrected chi connectivity index (χ1v) is 7.31. The Labute approximate surface area is 136 Å². The summed E-state index contributed by atoms with van der Waals surface area (Å²) in [5.41, 5.74) is 1.77. The Kier molecular flexibility index (Phi) is 5.86. The van der Waals surface area contributed by atoms with Crippen molar-refractivity contribution in [3.05, 3.63) is 48.0 Å². The highest BCUT2D eigenvalue weighted by Gasteiger charge is 2.08. The second-order valence-electron chi connectivity index (χ2n) is 4.97. The van der Waals surface area contributed by atoms with E-state index in [0.29, 0.717) is 30.0 Å². The quantitative estimate of drug-likeness (QED) is 0.852. The van der Waals surface area contributed by atoms with Crippen LogP contribution in [0.25, 0.3) is 0 Å². The number of carbonyl (C=O) groups excluding carboxylic acids is 1. The molecule has 0 aliphatic rings. The van der Waals surface area contributed by atoms with Crippen molar-refractivity contribution >= 4 is 11.6 Å². The van der Waals surface area contributed by atoms with Crippen LogP contribution < -0.4 is 19.5 Å². The van der Waals surface area contributed by atoms with Gasteiger partial charge in [0.05, 0.1) is 21.3 Å². The van der Waals surface area contributed by atoms with E-state index < -0.39 is 0 Å². The number of carbonyl (C=O) groups is 1. The summed E-state index contributed by atoms with van der Waals surface area (Å²) < 4.78 is 15.5. The molecule has 0 fully saturated rings. The fourth-order valence-corrected chi connectivity index (χ4v) is 2.19. The number of benzene rings is 2. The highest BCUT2D eigenvalue weighted by atomic mass is 16.5. The maximum Gasteiger partial charge on any atom is 0.224 e. The van der Waals surface area contributed by atoms with Crippen LogP contribution in [0.15, 0.2) is 42.5 Å². The third-order valence-corrected chi connectivity index (χ3v) is 3.47. The Hall–Kier alpha value is -2.69. The van der Waals surface area contributed by atoms with Crippen molar-refractivity contribution < 1.29 is 19.0 Å². The van der Waals surface area contributed by atoms with E-state index in [9.17, 15) is 4.79 Å².